The number of aromatic hydroxyl groups is 1. The van der Waals surface area contributed by atoms with Gasteiger partial charge in [-0.15, -0.1) is 5.10 Å². The summed E-state index contributed by atoms with van der Waals surface area (Å²) in [5.74, 6) is 0.198. The third-order valence-corrected chi connectivity index (χ3v) is 5.21. The van der Waals surface area contributed by atoms with Gasteiger partial charge in [-0.2, -0.15) is 0 Å². The number of hydrogen-bond donors (Lipinski definition) is 3. The average molecular weight is 343 g/mol. The Morgan fingerprint density at radius 2 is 2.08 bits per heavy atom. The highest BCUT2D eigenvalue weighted by Gasteiger charge is 2.20. The van der Waals surface area contributed by atoms with Crippen LogP contribution in [0.3, 0.4) is 0 Å². The smallest absolute Gasteiger partial charge is 0.240 e. The molecule has 0 fully saturated rings. The summed E-state index contributed by atoms with van der Waals surface area (Å²) < 4.78 is 27.9. The molecule has 9 heteroatoms. The molecule has 3 aromatic heterocycles. The molecule has 0 spiro atoms. The fraction of sp³-hybridized carbons (Fsp3) is 0.0667. The molecule has 4 aromatic rings. The van der Waals surface area contributed by atoms with E-state index in [-0.39, 0.29) is 10.8 Å². The second-order valence-electron chi connectivity index (χ2n) is 5.20. The highest BCUT2D eigenvalue weighted by Crippen LogP contribution is 2.36. The van der Waals surface area contributed by atoms with Crippen LogP contribution in [0.25, 0.3) is 27.9 Å². The van der Waals surface area contributed by atoms with E-state index in [0.29, 0.717) is 27.9 Å². The Hall–Kier alpha value is -2.91. The first-order valence-electron chi connectivity index (χ1n) is 7.09. The minimum absolute atomic E-state index is 0.0986. The van der Waals surface area contributed by atoms with Crippen molar-refractivity contribution in [2.24, 2.45) is 0 Å². The summed E-state index contributed by atoms with van der Waals surface area (Å²) in [5, 5.41) is 15.1. The SMILES string of the molecule is CNS(=O)(=O)c1ccc2[nH]c(O)c(-c3nc4ccccn4n3)c2c1. The standard InChI is InChI=1S/C15H13N5O3S/c1-16-24(22,23)9-5-6-11-10(8-9)13(15(21)17-11)14-18-12-4-2-3-7-20(12)19-14/h2-8,16-17,21H,1H3. The predicted molar refractivity (Wildman–Crippen MR) is 88.2 cm³/mol. The van der Waals surface area contributed by atoms with Crippen LogP contribution in [0, 0.1) is 0 Å². The molecule has 1 aromatic carbocycles. The molecule has 3 heterocycles. The zero-order valence-electron chi connectivity index (χ0n) is 12.6. The van der Waals surface area contributed by atoms with E-state index in [4.69, 9.17) is 0 Å². The van der Waals surface area contributed by atoms with Crippen LogP contribution in [0.4, 0.5) is 0 Å². The van der Waals surface area contributed by atoms with Crippen molar-refractivity contribution in [1.82, 2.24) is 24.3 Å². The maximum absolute atomic E-state index is 12.0. The fourth-order valence-electron chi connectivity index (χ4n) is 2.61. The number of pyridine rings is 1. The first kappa shape index (κ1) is 14.7. The van der Waals surface area contributed by atoms with Gasteiger partial charge >= 0.3 is 0 Å². The molecule has 3 N–H and O–H groups in total. The van der Waals surface area contributed by atoms with E-state index in [2.05, 4.69) is 19.8 Å². The molecule has 0 radical (unpaired) electrons. The average Bonchev–Trinajstić information content (AvgIpc) is 3.13. The highest BCUT2D eigenvalue weighted by molar-refractivity contribution is 7.89. The topological polar surface area (TPSA) is 112 Å². The monoisotopic (exact) mass is 343 g/mol. The maximum atomic E-state index is 12.0. The summed E-state index contributed by atoms with van der Waals surface area (Å²) in [4.78, 5) is 7.30. The summed E-state index contributed by atoms with van der Waals surface area (Å²) in [7, 11) is -2.25. The van der Waals surface area contributed by atoms with Gasteiger partial charge in [0.25, 0.3) is 0 Å². The Morgan fingerprint density at radius 1 is 1.25 bits per heavy atom. The molecule has 0 saturated carbocycles. The second kappa shape index (κ2) is 5.05. The number of sulfonamides is 1. The van der Waals surface area contributed by atoms with E-state index in [9.17, 15) is 13.5 Å². The molecular formula is C15H13N5O3S. The zero-order valence-corrected chi connectivity index (χ0v) is 13.4. The molecule has 4 rings (SSSR count). The van der Waals surface area contributed by atoms with Gasteiger partial charge < -0.3 is 10.1 Å². The van der Waals surface area contributed by atoms with Gasteiger partial charge in [0.1, 0.15) is 0 Å². The summed E-state index contributed by atoms with van der Waals surface area (Å²) in [6.45, 7) is 0. The van der Waals surface area contributed by atoms with E-state index < -0.39 is 10.0 Å². The maximum Gasteiger partial charge on any atom is 0.240 e. The van der Waals surface area contributed by atoms with E-state index in [1.807, 2.05) is 12.1 Å². The molecule has 0 saturated heterocycles. The van der Waals surface area contributed by atoms with Gasteiger partial charge in [-0.3, -0.25) is 0 Å². The molecule has 24 heavy (non-hydrogen) atoms. The zero-order chi connectivity index (χ0) is 16.9. The lowest BCUT2D eigenvalue weighted by atomic mass is 10.1. The number of aromatic nitrogens is 4. The molecule has 0 bridgehead atoms. The van der Waals surface area contributed by atoms with Crippen LogP contribution < -0.4 is 4.72 Å². The van der Waals surface area contributed by atoms with Crippen LogP contribution in [0.5, 0.6) is 5.88 Å². The third-order valence-electron chi connectivity index (χ3n) is 3.79. The van der Waals surface area contributed by atoms with Gasteiger partial charge in [-0.05, 0) is 37.4 Å². The predicted octanol–water partition coefficient (Wildman–Crippen LogP) is 1.49. The molecular weight excluding hydrogens is 330 g/mol. The first-order valence-corrected chi connectivity index (χ1v) is 8.58. The summed E-state index contributed by atoms with van der Waals surface area (Å²) in [6, 6.07) is 9.99. The number of benzene rings is 1. The third kappa shape index (κ3) is 2.14. The van der Waals surface area contributed by atoms with Gasteiger partial charge in [0.15, 0.2) is 11.5 Å². The van der Waals surface area contributed by atoms with Gasteiger partial charge in [0.2, 0.25) is 15.9 Å². The largest absolute Gasteiger partial charge is 0.494 e. The summed E-state index contributed by atoms with van der Waals surface area (Å²) in [5.41, 5.74) is 1.58. The number of hydrogen-bond acceptors (Lipinski definition) is 5. The van der Waals surface area contributed by atoms with Crippen molar-refractivity contribution in [3.63, 3.8) is 0 Å². The van der Waals surface area contributed by atoms with Crippen molar-refractivity contribution in [1.29, 1.82) is 0 Å². The number of H-pyrrole nitrogens is 1. The molecule has 0 aliphatic rings. The number of fused-ring (bicyclic) bond motifs is 2. The molecule has 0 aliphatic heterocycles. The van der Waals surface area contributed by atoms with Crippen molar-refractivity contribution in [2.75, 3.05) is 7.05 Å². The fourth-order valence-corrected chi connectivity index (χ4v) is 3.36. The lowest BCUT2D eigenvalue weighted by Crippen LogP contribution is -2.18. The summed E-state index contributed by atoms with van der Waals surface area (Å²) in [6.07, 6.45) is 1.74. The van der Waals surface area contributed by atoms with Gasteiger partial charge in [-0.1, -0.05) is 6.07 Å². The Morgan fingerprint density at radius 3 is 2.83 bits per heavy atom. The van der Waals surface area contributed by atoms with Crippen LogP contribution in [0.15, 0.2) is 47.5 Å². The number of rotatable bonds is 3. The normalized spacial score (nSPS) is 12.2. The Kier molecular flexibility index (Phi) is 3.08. The van der Waals surface area contributed by atoms with Crippen LogP contribution in [0.2, 0.25) is 0 Å². The van der Waals surface area contributed by atoms with Crippen molar-refractivity contribution < 1.29 is 13.5 Å². The first-order chi connectivity index (χ1) is 11.5. The van der Waals surface area contributed by atoms with Crippen LogP contribution in [-0.2, 0) is 10.0 Å². The minimum Gasteiger partial charge on any atom is -0.494 e. The van der Waals surface area contributed by atoms with Crippen LogP contribution in [-0.4, -0.2) is 40.2 Å². The van der Waals surface area contributed by atoms with Crippen molar-refractivity contribution in [2.45, 2.75) is 4.90 Å². The van der Waals surface area contributed by atoms with E-state index in [1.54, 1.807) is 22.8 Å². The Balaban J connectivity index is 2.00. The molecule has 0 aliphatic carbocycles. The van der Waals surface area contributed by atoms with Crippen molar-refractivity contribution in [3.8, 4) is 17.3 Å². The minimum atomic E-state index is -3.60. The highest BCUT2D eigenvalue weighted by atomic mass is 32.2. The lowest BCUT2D eigenvalue weighted by molar-refractivity contribution is 0.460. The Labute approximate surface area is 136 Å². The number of aromatic amines is 1. The van der Waals surface area contributed by atoms with Gasteiger partial charge in [0.05, 0.1) is 10.5 Å². The Bertz CT molecular complexity index is 1140. The molecule has 0 amide bonds. The van der Waals surface area contributed by atoms with Crippen molar-refractivity contribution >= 4 is 26.6 Å². The van der Waals surface area contributed by atoms with E-state index >= 15 is 0 Å². The van der Waals surface area contributed by atoms with Gasteiger partial charge in [0, 0.05) is 17.1 Å². The lowest BCUT2D eigenvalue weighted by Gasteiger charge is -2.02. The van der Waals surface area contributed by atoms with E-state index in [1.165, 1.54) is 19.2 Å². The van der Waals surface area contributed by atoms with E-state index in [0.717, 1.165) is 0 Å². The second-order valence-corrected chi connectivity index (χ2v) is 7.09. The summed E-state index contributed by atoms with van der Waals surface area (Å²) >= 11 is 0. The van der Waals surface area contributed by atoms with Gasteiger partial charge in [-0.25, -0.2) is 22.6 Å². The number of nitrogens with one attached hydrogen (secondary N) is 2. The van der Waals surface area contributed by atoms with Crippen molar-refractivity contribution in [3.05, 3.63) is 42.6 Å². The molecule has 8 nitrogen and oxygen atoms in total. The number of nitrogens with zero attached hydrogens (tertiary/aromatic N) is 3. The molecule has 0 atom stereocenters. The quantitative estimate of drug-likeness (QED) is 0.522. The van der Waals surface area contributed by atoms with Crippen LogP contribution in [0.1, 0.15) is 0 Å². The van der Waals surface area contributed by atoms with Crippen LogP contribution >= 0.6 is 0 Å². The molecule has 0 unspecified atom stereocenters. The molecule has 122 valence electrons.